The molecule has 0 amide bonds. The summed E-state index contributed by atoms with van der Waals surface area (Å²) in [5, 5.41) is 17.2. The molecule has 0 aliphatic carbocycles. The molecule has 0 bridgehead atoms. The molecule has 2 aromatic rings. The van der Waals surface area contributed by atoms with Crippen LogP contribution in [0.4, 0.5) is 0 Å². The Morgan fingerprint density at radius 2 is 2.15 bits per heavy atom. The van der Waals surface area contributed by atoms with Crippen molar-refractivity contribution in [1.82, 2.24) is 9.78 Å². The Morgan fingerprint density at radius 1 is 1.45 bits per heavy atom. The van der Waals surface area contributed by atoms with Gasteiger partial charge in [-0.15, -0.1) is 11.8 Å². The Balaban J connectivity index is 2.77. The van der Waals surface area contributed by atoms with Crippen LogP contribution in [0.15, 0.2) is 28.3 Å². The molecule has 0 fully saturated rings. The summed E-state index contributed by atoms with van der Waals surface area (Å²) in [5.74, 6) is 0.0497. The van der Waals surface area contributed by atoms with Gasteiger partial charge in [-0.1, -0.05) is 22.8 Å². The Kier molecular flexibility index (Phi) is 4.25. The van der Waals surface area contributed by atoms with Gasteiger partial charge >= 0.3 is 0 Å². The summed E-state index contributed by atoms with van der Waals surface area (Å²) in [5.41, 5.74) is 8.75. The molecule has 1 aromatic carbocycles. The fourth-order valence-electron chi connectivity index (χ4n) is 2.03. The number of rotatable bonds is 3. The lowest BCUT2D eigenvalue weighted by Gasteiger charge is -2.13. The first-order valence-electron chi connectivity index (χ1n) is 5.88. The second-order valence-electron chi connectivity index (χ2n) is 4.24. The van der Waals surface area contributed by atoms with E-state index in [1.165, 1.54) is 11.8 Å². The zero-order valence-electron chi connectivity index (χ0n) is 11.4. The van der Waals surface area contributed by atoms with Crippen LogP contribution in [0.5, 0.6) is 0 Å². The summed E-state index contributed by atoms with van der Waals surface area (Å²) in [4.78, 5) is 0.904. The van der Waals surface area contributed by atoms with Gasteiger partial charge in [-0.2, -0.15) is 5.10 Å². The van der Waals surface area contributed by atoms with Gasteiger partial charge in [0.2, 0.25) is 0 Å². The Bertz CT molecular complexity index is 681. The molecule has 0 saturated carbocycles. The van der Waals surface area contributed by atoms with E-state index < -0.39 is 0 Å². The topological polar surface area (TPSA) is 76.4 Å². The second-order valence-corrected chi connectivity index (χ2v) is 5.46. The lowest BCUT2D eigenvalue weighted by atomic mass is 10.1. The van der Waals surface area contributed by atoms with Crippen LogP contribution >= 0.6 is 23.4 Å². The van der Waals surface area contributed by atoms with E-state index >= 15 is 0 Å². The van der Waals surface area contributed by atoms with Crippen LogP contribution in [0.2, 0.25) is 5.02 Å². The Labute approximate surface area is 126 Å². The van der Waals surface area contributed by atoms with E-state index in [9.17, 15) is 0 Å². The van der Waals surface area contributed by atoms with Crippen molar-refractivity contribution in [3.63, 3.8) is 0 Å². The molecule has 0 aliphatic heterocycles. The number of hydrogen-bond donors (Lipinski definition) is 2. The van der Waals surface area contributed by atoms with E-state index in [2.05, 4.69) is 10.3 Å². The fraction of sp³-hybridized carbons (Fsp3) is 0.231. The van der Waals surface area contributed by atoms with Crippen LogP contribution in [-0.2, 0) is 0 Å². The molecule has 1 aromatic heterocycles. The van der Waals surface area contributed by atoms with Gasteiger partial charge in [0.05, 0.1) is 27.7 Å². The van der Waals surface area contributed by atoms with Gasteiger partial charge in [-0.3, -0.25) is 0 Å². The number of amidine groups is 1. The highest BCUT2D eigenvalue weighted by Gasteiger charge is 2.18. The zero-order chi connectivity index (χ0) is 14.9. The normalized spacial score (nSPS) is 11.9. The first-order chi connectivity index (χ1) is 9.51. The van der Waals surface area contributed by atoms with Crippen molar-refractivity contribution in [2.45, 2.75) is 18.7 Å². The van der Waals surface area contributed by atoms with Crippen LogP contribution in [-0.4, -0.2) is 27.1 Å². The largest absolute Gasteiger partial charge is 0.409 e. The first kappa shape index (κ1) is 14.7. The molecule has 20 heavy (non-hydrogen) atoms. The SMILES string of the molecule is CSc1cccc(-n2nc(C)c(Cl)c2C)c1/C(N)=N/O. The predicted molar refractivity (Wildman–Crippen MR) is 82.3 cm³/mol. The third-order valence-electron chi connectivity index (χ3n) is 3.02. The number of oxime groups is 1. The Hall–Kier alpha value is -1.66. The van der Waals surface area contributed by atoms with Gasteiger partial charge in [0.1, 0.15) is 0 Å². The van der Waals surface area contributed by atoms with E-state index in [1.54, 1.807) is 4.68 Å². The summed E-state index contributed by atoms with van der Waals surface area (Å²) < 4.78 is 1.71. The van der Waals surface area contributed by atoms with Crippen molar-refractivity contribution in [2.24, 2.45) is 10.9 Å². The number of benzene rings is 1. The predicted octanol–water partition coefficient (Wildman–Crippen LogP) is 2.96. The molecular formula is C13H15ClN4OS. The second kappa shape index (κ2) is 5.76. The average Bonchev–Trinajstić information content (AvgIpc) is 2.73. The van der Waals surface area contributed by atoms with Gasteiger partial charge in [0, 0.05) is 4.90 Å². The monoisotopic (exact) mass is 310 g/mol. The van der Waals surface area contributed by atoms with Crippen molar-refractivity contribution in [3.05, 3.63) is 40.2 Å². The van der Waals surface area contributed by atoms with Gasteiger partial charge in [-0.05, 0) is 32.2 Å². The maximum atomic E-state index is 9.01. The summed E-state index contributed by atoms with van der Waals surface area (Å²) in [6, 6.07) is 5.68. The summed E-state index contributed by atoms with van der Waals surface area (Å²) in [6.45, 7) is 3.72. The third-order valence-corrected chi connectivity index (χ3v) is 4.35. The van der Waals surface area contributed by atoms with Crippen LogP contribution in [0.25, 0.3) is 5.69 Å². The fourth-order valence-corrected chi connectivity index (χ4v) is 2.78. The lowest BCUT2D eigenvalue weighted by molar-refractivity contribution is 0.318. The van der Waals surface area contributed by atoms with Crippen molar-refractivity contribution in [3.8, 4) is 5.69 Å². The van der Waals surface area contributed by atoms with Gasteiger partial charge < -0.3 is 10.9 Å². The van der Waals surface area contributed by atoms with Gasteiger partial charge in [-0.25, -0.2) is 4.68 Å². The molecule has 2 rings (SSSR count). The summed E-state index contributed by atoms with van der Waals surface area (Å²) >= 11 is 7.71. The molecule has 0 saturated heterocycles. The first-order valence-corrected chi connectivity index (χ1v) is 7.48. The number of halogens is 1. The maximum Gasteiger partial charge on any atom is 0.173 e. The number of aryl methyl sites for hydroxylation is 1. The molecule has 7 heteroatoms. The molecule has 0 aliphatic rings. The van der Waals surface area contributed by atoms with Crippen molar-refractivity contribution in [1.29, 1.82) is 0 Å². The zero-order valence-corrected chi connectivity index (χ0v) is 13.0. The molecule has 0 atom stereocenters. The van der Waals surface area contributed by atoms with Crippen molar-refractivity contribution in [2.75, 3.05) is 6.26 Å². The van der Waals surface area contributed by atoms with Crippen molar-refractivity contribution < 1.29 is 5.21 Å². The standard InChI is InChI=1S/C13H15ClN4OS/c1-7-12(14)8(2)18(16-7)9-5-4-6-10(20-3)11(9)13(15)17-19/h4-6,19H,1-3H3,(H2,15,17). The molecule has 5 nitrogen and oxygen atoms in total. The van der Waals surface area contributed by atoms with E-state index in [-0.39, 0.29) is 5.84 Å². The smallest absolute Gasteiger partial charge is 0.173 e. The van der Waals surface area contributed by atoms with E-state index in [0.717, 1.165) is 22.0 Å². The molecular weight excluding hydrogens is 296 g/mol. The summed E-state index contributed by atoms with van der Waals surface area (Å²) in [7, 11) is 0. The van der Waals surface area contributed by atoms with Crippen LogP contribution in [0.1, 0.15) is 17.0 Å². The maximum absolute atomic E-state index is 9.01. The number of nitrogens with zero attached hydrogens (tertiary/aromatic N) is 3. The summed E-state index contributed by atoms with van der Waals surface area (Å²) in [6.07, 6.45) is 1.93. The third kappa shape index (κ3) is 2.36. The van der Waals surface area contributed by atoms with Gasteiger partial charge in [0.25, 0.3) is 0 Å². The molecule has 0 unspecified atom stereocenters. The van der Waals surface area contributed by atoms with Crippen molar-refractivity contribution >= 4 is 29.2 Å². The highest BCUT2D eigenvalue weighted by atomic mass is 35.5. The van der Waals surface area contributed by atoms with Crippen LogP contribution in [0.3, 0.4) is 0 Å². The number of aromatic nitrogens is 2. The van der Waals surface area contributed by atoms with E-state index in [1.807, 2.05) is 38.3 Å². The Morgan fingerprint density at radius 3 is 2.65 bits per heavy atom. The average molecular weight is 311 g/mol. The number of nitrogens with two attached hydrogens (primary N) is 1. The molecule has 0 spiro atoms. The van der Waals surface area contributed by atoms with Crippen LogP contribution in [0, 0.1) is 13.8 Å². The highest BCUT2D eigenvalue weighted by Crippen LogP contribution is 2.29. The molecule has 1 heterocycles. The molecule has 106 valence electrons. The molecule has 3 N–H and O–H groups in total. The highest BCUT2D eigenvalue weighted by molar-refractivity contribution is 7.98. The number of hydrogen-bond acceptors (Lipinski definition) is 4. The molecule has 0 radical (unpaired) electrons. The van der Waals surface area contributed by atoms with Crippen LogP contribution < -0.4 is 5.73 Å². The minimum Gasteiger partial charge on any atom is -0.409 e. The van der Waals surface area contributed by atoms with E-state index in [4.69, 9.17) is 22.5 Å². The van der Waals surface area contributed by atoms with E-state index in [0.29, 0.717) is 10.6 Å². The number of thioether (sulfide) groups is 1. The lowest BCUT2D eigenvalue weighted by Crippen LogP contribution is -2.18. The van der Waals surface area contributed by atoms with Gasteiger partial charge in [0.15, 0.2) is 5.84 Å². The minimum absolute atomic E-state index is 0.0497. The minimum atomic E-state index is 0.0497. The quantitative estimate of drug-likeness (QED) is 0.300.